The van der Waals surface area contributed by atoms with Crippen LogP contribution in [0.25, 0.3) is 0 Å². The maximum Gasteiger partial charge on any atom is 0.276 e. The molecule has 0 unspecified atom stereocenters. The number of aromatic nitrogens is 1. The number of ether oxygens (including phenoxy) is 1. The van der Waals surface area contributed by atoms with Gasteiger partial charge in [-0.3, -0.25) is 4.79 Å². The SMILES string of the molecule is COc1ccc2c(c1)CN(C(=O)c1cc(C3CC3)on1)CC2. The lowest BCUT2D eigenvalue weighted by molar-refractivity contribution is 0.0724. The first-order valence-electron chi connectivity index (χ1n) is 7.66. The van der Waals surface area contributed by atoms with Crippen LogP contribution < -0.4 is 4.74 Å². The maximum atomic E-state index is 12.6. The maximum absolute atomic E-state index is 12.6. The molecule has 1 aromatic heterocycles. The third-order valence-corrected chi connectivity index (χ3v) is 4.44. The number of amides is 1. The lowest BCUT2D eigenvalue weighted by Crippen LogP contribution is -2.36. The minimum absolute atomic E-state index is 0.0517. The van der Waals surface area contributed by atoms with Crippen molar-refractivity contribution >= 4 is 5.91 Å². The molecule has 2 aliphatic rings. The molecule has 1 aliphatic carbocycles. The smallest absolute Gasteiger partial charge is 0.276 e. The predicted molar refractivity (Wildman–Crippen MR) is 79.9 cm³/mol. The van der Waals surface area contributed by atoms with Crippen molar-refractivity contribution in [3.8, 4) is 5.75 Å². The molecule has 0 spiro atoms. The first-order valence-corrected chi connectivity index (χ1v) is 7.66. The second-order valence-corrected chi connectivity index (χ2v) is 6.00. The Bertz CT molecular complexity index is 718. The van der Waals surface area contributed by atoms with Crippen LogP contribution in [0.4, 0.5) is 0 Å². The van der Waals surface area contributed by atoms with Crippen LogP contribution >= 0.6 is 0 Å². The van der Waals surface area contributed by atoms with E-state index in [2.05, 4.69) is 11.2 Å². The quantitative estimate of drug-likeness (QED) is 0.874. The van der Waals surface area contributed by atoms with Crippen LogP contribution in [0.2, 0.25) is 0 Å². The lowest BCUT2D eigenvalue weighted by Gasteiger charge is -2.28. The van der Waals surface area contributed by atoms with Crippen LogP contribution in [0.3, 0.4) is 0 Å². The van der Waals surface area contributed by atoms with Crippen LogP contribution in [0, 0.1) is 0 Å². The third kappa shape index (κ3) is 2.36. The molecule has 114 valence electrons. The zero-order valence-electron chi connectivity index (χ0n) is 12.5. The third-order valence-electron chi connectivity index (χ3n) is 4.44. The number of hydrogen-bond donors (Lipinski definition) is 0. The lowest BCUT2D eigenvalue weighted by atomic mass is 9.99. The van der Waals surface area contributed by atoms with Gasteiger partial charge in [-0.1, -0.05) is 11.2 Å². The van der Waals surface area contributed by atoms with Gasteiger partial charge in [-0.05, 0) is 42.5 Å². The summed E-state index contributed by atoms with van der Waals surface area (Å²) in [6.45, 7) is 1.31. The normalized spacial score (nSPS) is 17.2. The Morgan fingerprint density at radius 2 is 2.18 bits per heavy atom. The zero-order valence-corrected chi connectivity index (χ0v) is 12.5. The van der Waals surface area contributed by atoms with Crippen molar-refractivity contribution in [3.05, 3.63) is 46.8 Å². The highest BCUT2D eigenvalue weighted by atomic mass is 16.5. The molecule has 1 aliphatic heterocycles. The van der Waals surface area contributed by atoms with Crippen molar-refractivity contribution in [2.24, 2.45) is 0 Å². The number of methoxy groups -OCH3 is 1. The van der Waals surface area contributed by atoms with Gasteiger partial charge >= 0.3 is 0 Å². The van der Waals surface area contributed by atoms with Crippen molar-refractivity contribution in [2.75, 3.05) is 13.7 Å². The molecule has 2 aromatic rings. The molecule has 22 heavy (non-hydrogen) atoms. The molecule has 0 radical (unpaired) electrons. The van der Waals surface area contributed by atoms with E-state index in [1.807, 2.05) is 17.0 Å². The van der Waals surface area contributed by atoms with Gasteiger partial charge in [-0.15, -0.1) is 0 Å². The van der Waals surface area contributed by atoms with Gasteiger partial charge in [0.2, 0.25) is 0 Å². The largest absolute Gasteiger partial charge is 0.497 e. The average Bonchev–Trinajstić information content (AvgIpc) is 3.30. The van der Waals surface area contributed by atoms with E-state index in [0.717, 1.165) is 36.3 Å². The molecule has 2 heterocycles. The van der Waals surface area contributed by atoms with Gasteiger partial charge in [-0.25, -0.2) is 0 Å². The number of carbonyl (C=O) groups excluding carboxylic acids is 1. The molecule has 4 rings (SSSR count). The van der Waals surface area contributed by atoms with Gasteiger partial charge in [0.25, 0.3) is 5.91 Å². The summed E-state index contributed by atoms with van der Waals surface area (Å²) in [5.41, 5.74) is 2.85. The fourth-order valence-electron chi connectivity index (χ4n) is 2.95. The second kappa shape index (κ2) is 5.16. The molecule has 1 amide bonds. The van der Waals surface area contributed by atoms with E-state index in [4.69, 9.17) is 9.26 Å². The molecule has 0 saturated heterocycles. The van der Waals surface area contributed by atoms with E-state index in [1.54, 1.807) is 13.2 Å². The molecule has 0 bridgehead atoms. The van der Waals surface area contributed by atoms with Crippen molar-refractivity contribution in [1.29, 1.82) is 0 Å². The molecule has 5 heteroatoms. The fraction of sp³-hybridized carbons (Fsp3) is 0.412. The first-order chi connectivity index (χ1) is 10.7. The van der Waals surface area contributed by atoms with Crippen molar-refractivity contribution in [3.63, 3.8) is 0 Å². The van der Waals surface area contributed by atoms with Crippen LogP contribution in [-0.4, -0.2) is 29.6 Å². The minimum atomic E-state index is -0.0517. The van der Waals surface area contributed by atoms with Crippen LogP contribution in [0.1, 0.15) is 46.1 Å². The van der Waals surface area contributed by atoms with Gasteiger partial charge in [0.15, 0.2) is 5.69 Å². The Balaban J connectivity index is 1.53. The Labute approximate surface area is 128 Å². The summed E-state index contributed by atoms with van der Waals surface area (Å²) in [5, 5.41) is 3.95. The highest BCUT2D eigenvalue weighted by Gasteiger charge is 2.30. The highest BCUT2D eigenvalue weighted by Crippen LogP contribution is 2.40. The van der Waals surface area contributed by atoms with Gasteiger partial charge in [0.05, 0.1) is 7.11 Å². The average molecular weight is 298 g/mol. The summed E-state index contributed by atoms with van der Waals surface area (Å²) in [6, 6.07) is 7.86. The molecule has 0 atom stereocenters. The number of hydrogen-bond acceptors (Lipinski definition) is 4. The number of carbonyl (C=O) groups is 1. The first kappa shape index (κ1) is 13.4. The van der Waals surface area contributed by atoms with Crippen molar-refractivity contribution < 1.29 is 14.1 Å². The molecular weight excluding hydrogens is 280 g/mol. The zero-order chi connectivity index (χ0) is 15.1. The number of rotatable bonds is 3. The summed E-state index contributed by atoms with van der Waals surface area (Å²) >= 11 is 0. The van der Waals surface area contributed by atoms with Gasteiger partial charge in [-0.2, -0.15) is 0 Å². The summed E-state index contributed by atoms with van der Waals surface area (Å²) in [4.78, 5) is 14.4. The minimum Gasteiger partial charge on any atom is -0.497 e. The van der Waals surface area contributed by atoms with Gasteiger partial charge in [0.1, 0.15) is 11.5 Å². The molecule has 5 nitrogen and oxygen atoms in total. The number of fused-ring (bicyclic) bond motifs is 1. The summed E-state index contributed by atoms with van der Waals surface area (Å²) < 4.78 is 10.6. The predicted octanol–water partition coefficient (Wildman–Crippen LogP) is 2.76. The van der Waals surface area contributed by atoms with Crippen LogP contribution in [-0.2, 0) is 13.0 Å². The van der Waals surface area contributed by atoms with Gasteiger partial charge < -0.3 is 14.2 Å². The van der Waals surface area contributed by atoms with E-state index in [9.17, 15) is 4.79 Å². The van der Waals surface area contributed by atoms with Crippen LogP contribution in [0.5, 0.6) is 5.75 Å². The molecular formula is C17H18N2O3. The fourth-order valence-corrected chi connectivity index (χ4v) is 2.95. The van der Waals surface area contributed by atoms with E-state index >= 15 is 0 Å². The topological polar surface area (TPSA) is 55.6 Å². The number of benzene rings is 1. The highest BCUT2D eigenvalue weighted by molar-refractivity contribution is 5.92. The summed E-state index contributed by atoms with van der Waals surface area (Å²) in [7, 11) is 1.66. The standard InChI is InChI=1S/C17H18N2O3/c1-21-14-5-4-11-6-7-19(10-13(11)8-14)17(20)15-9-16(22-18-15)12-2-3-12/h4-5,8-9,12H,2-3,6-7,10H2,1H3. The van der Waals surface area contributed by atoms with Crippen molar-refractivity contribution in [1.82, 2.24) is 10.1 Å². The van der Waals surface area contributed by atoms with Crippen molar-refractivity contribution in [2.45, 2.75) is 31.7 Å². The summed E-state index contributed by atoms with van der Waals surface area (Å²) in [5.74, 6) is 2.09. The Morgan fingerprint density at radius 1 is 1.32 bits per heavy atom. The van der Waals surface area contributed by atoms with E-state index in [1.165, 1.54) is 5.56 Å². The Kier molecular flexibility index (Phi) is 3.13. The van der Waals surface area contributed by atoms with E-state index < -0.39 is 0 Å². The Hall–Kier alpha value is -2.30. The molecule has 1 saturated carbocycles. The van der Waals surface area contributed by atoms with Gasteiger partial charge in [0, 0.05) is 25.1 Å². The van der Waals surface area contributed by atoms with E-state index in [-0.39, 0.29) is 5.91 Å². The monoisotopic (exact) mass is 298 g/mol. The molecule has 1 fully saturated rings. The van der Waals surface area contributed by atoms with E-state index in [0.29, 0.717) is 24.7 Å². The van der Waals surface area contributed by atoms with Crippen LogP contribution in [0.15, 0.2) is 28.8 Å². The summed E-state index contributed by atoms with van der Waals surface area (Å²) in [6.07, 6.45) is 3.14. The molecule has 0 N–H and O–H groups in total. The number of nitrogens with zero attached hydrogens (tertiary/aromatic N) is 2. The Morgan fingerprint density at radius 3 is 2.95 bits per heavy atom. The second-order valence-electron chi connectivity index (χ2n) is 6.00. The molecule has 1 aromatic carbocycles.